The maximum absolute atomic E-state index is 13.4. The van der Waals surface area contributed by atoms with Gasteiger partial charge in [-0.05, 0) is 43.5 Å². The van der Waals surface area contributed by atoms with Crippen LogP contribution in [-0.2, 0) is 6.18 Å². The summed E-state index contributed by atoms with van der Waals surface area (Å²) in [6.45, 7) is 0. The molecule has 0 radical (unpaired) electrons. The number of aliphatic hydroxyl groups excluding tert-OH is 1. The zero-order valence-corrected chi connectivity index (χ0v) is 16.2. The maximum atomic E-state index is 13.4. The van der Waals surface area contributed by atoms with Crippen molar-refractivity contribution in [3.63, 3.8) is 0 Å². The van der Waals surface area contributed by atoms with E-state index in [0.29, 0.717) is 17.8 Å². The fourth-order valence-corrected chi connectivity index (χ4v) is 3.41. The highest BCUT2D eigenvalue weighted by molar-refractivity contribution is 6.04. The first-order valence-corrected chi connectivity index (χ1v) is 9.65. The lowest BCUT2D eigenvalue weighted by Crippen LogP contribution is -2.19. The zero-order valence-electron chi connectivity index (χ0n) is 16.2. The van der Waals surface area contributed by atoms with Crippen LogP contribution in [0.1, 0.15) is 35.5 Å². The lowest BCUT2D eigenvalue weighted by Gasteiger charge is -2.13. The number of halogens is 3. The molecule has 1 saturated carbocycles. The van der Waals surface area contributed by atoms with Crippen LogP contribution in [0.5, 0.6) is 0 Å². The van der Waals surface area contributed by atoms with Gasteiger partial charge in [0.25, 0.3) is 5.91 Å². The second-order valence-electron chi connectivity index (χ2n) is 7.25. The number of amides is 1. The van der Waals surface area contributed by atoms with Crippen molar-refractivity contribution < 1.29 is 27.5 Å². The smallest absolute Gasteiger partial charge is 0.431 e. The minimum atomic E-state index is -4.88. The van der Waals surface area contributed by atoms with Crippen LogP contribution in [-0.4, -0.2) is 33.1 Å². The Kier molecular flexibility index (Phi) is 5.64. The highest BCUT2D eigenvalue weighted by Crippen LogP contribution is 2.35. The van der Waals surface area contributed by atoms with Crippen molar-refractivity contribution in [2.45, 2.75) is 37.6 Å². The van der Waals surface area contributed by atoms with Crippen LogP contribution in [0.2, 0.25) is 0 Å². The Labute approximate surface area is 175 Å². The van der Waals surface area contributed by atoms with Crippen LogP contribution >= 0.6 is 0 Å². The third kappa shape index (κ3) is 4.85. The van der Waals surface area contributed by atoms with Crippen LogP contribution in [0.15, 0.2) is 53.1 Å². The van der Waals surface area contributed by atoms with Gasteiger partial charge in [-0.25, -0.2) is 9.97 Å². The Morgan fingerprint density at radius 1 is 1.13 bits per heavy atom. The molecule has 0 spiro atoms. The number of pyridine rings is 1. The molecule has 1 amide bonds. The van der Waals surface area contributed by atoms with Crippen molar-refractivity contribution in [2.24, 2.45) is 0 Å². The van der Waals surface area contributed by atoms with Gasteiger partial charge in [-0.3, -0.25) is 4.79 Å². The second-order valence-corrected chi connectivity index (χ2v) is 7.25. The average Bonchev–Trinajstić information content (AvgIpc) is 3.37. The van der Waals surface area contributed by atoms with E-state index in [-0.39, 0.29) is 23.7 Å². The molecular weight excluding hydrogens is 413 g/mol. The Morgan fingerprint density at radius 3 is 2.52 bits per heavy atom. The Bertz CT molecular complexity index is 1050. The Morgan fingerprint density at radius 2 is 1.90 bits per heavy atom. The first kappa shape index (κ1) is 20.9. The predicted molar refractivity (Wildman–Crippen MR) is 106 cm³/mol. The molecule has 2 aromatic heterocycles. The van der Waals surface area contributed by atoms with Gasteiger partial charge in [-0.15, -0.1) is 0 Å². The standard InChI is InChI=1S/C21H19F3N4O3/c22-21(23,24)18-17(28-20(31-18)12-4-2-1-3-5-12)19(30)27-14-7-9-16(25-11-14)26-13-6-8-15(29)10-13/h1-5,7,9,11,13,15,29H,6,8,10H2,(H,25,26)(H,27,30)/t13-,15+/m0/s1. The summed E-state index contributed by atoms with van der Waals surface area (Å²) in [5, 5.41) is 15.1. The normalized spacial score (nSPS) is 18.7. The van der Waals surface area contributed by atoms with Crippen molar-refractivity contribution in [3.05, 3.63) is 60.1 Å². The molecule has 162 valence electrons. The summed E-state index contributed by atoms with van der Waals surface area (Å²) >= 11 is 0. The van der Waals surface area contributed by atoms with Crippen LogP contribution in [0.4, 0.5) is 24.7 Å². The fourth-order valence-electron chi connectivity index (χ4n) is 3.41. The Hall–Kier alpha value is -3.40. The van der Waals surface area contributed by atoms with Crippen molar-refractivity contribution in [1.82, 2.24) is 9.97 Å². The van der Waals surface area contributed by atoms with Crippen molar-refractivity contribution in [1.29, 1.82) is 0 Å². The number of rotatable bonds is 5. The maximum Gasteiger partial charge on any atom is 0.452 e. The molecule has 0 aliphatic heterocycles. The monoisotopic (exact) mass is 432 g/mol. The molecule has 0 saturated heterocycles. The molecule has 3 N–H and O–H groups in total. The number of carbonyl (C=O) groups excluding carboxylic acids is 1. The molecule has 31 heavy (non-hydrogen) atoms. The largest absolute Gasteiger partial charge is 0.452 e. The molecule has 1 aliphatic rings. The van der Waals surface area contributed by atoms with Gasteiger partial charge in [0, 0.05) is 11.6 Å². The molecule has 3 aromatic rings. The van der Waals surface area contributed by atoms with E-state index in [2.05, 4.69) is 20.6 Å². The summed E-state index contributed by atoms with van der Waals surface area (Å²) in [5.74, 6) is -2.27. The molecule has 7 nitrogen and oxygen atoms in total. The van der Waals surface area contributed by atoms with Crippen molar-refractivity contribution in [3.8, 4) is 11.5 Å². The molecule has 10 heteroatoms. The summed E-state index contributed by atoms with van der Waals surface area (Å²) in [6.07, 6.45) is -1.73. The SMILES string of the molecule is O=C(Nc1ccc(N[C@H]2CC[C@@H](O)C2)nc1)c1nc(-c2ccccc2)oc1C(F)(F)F. The lowest BCUT2D eigenvalue weighted by atomic mass is 10.2. The molecule has 0 bridgehead atoms. The lowest BCUT2D eigenvalue weighted by molar-refractivity contribution is -0.153. The van der Waals surface area contributed by atoms with E-state index < -0.39 is 23.5 Å². The van der Waals surface area contributed by atoms with Gasteiger partial charge in [-0.2, -0.15) is 13.2 Å². The third-order valence-electron chi connectivity index (χ3n) is 4.90. The van der Waals surface area contributed by atoms with E-state index in [1.54, 1.807) is 24.3 Å². The number of aliphatic hydroxyl groups is 1. The van der Waals surface area contributed by atoms with Crippen LogP contribution in [0, 0.1) is 0 Å². The number of aromatic nitrogens is 2. The van der Waals surface area contributed by atoms with E-state index >= 15 is 0 Å². The highest BCUT2D eigenvalue weighted by atomic mass is 19.4. The molecule has 0 unspecified atom stereocenters. The van der Waals surface area contributed by atoms with E-state index in [1.165, 1.54) is 24.4 Å². The number of hydrogen-bond donors (Lipinski definition) is 3. The first-order chi connectivity index (χ1) is 14.8. The highest BCUT2D eigenvalue weighted by Gasteiger charge is 2.42. The number of alkyl halides is 3. The number of nitrogens with zero attached hydrogens (tertiary/aromatic N) is 2. The number of hydrogen-bond acceptors (Lipinski definition) is 6. The van der Waals surface area contributed by atoms with Gasteiger partial charge < -0.3 is 20.2 Å². The molecule has 1 aromatic carbocycles. The zero-order chi connectivity index (χ0) is 22.0. The fraction of sp³-hybridized carbons (Fsp3) is 0.286. The quantitative estimate of drug-likeness (QED) is 0.555. The minimum Gasteiger partial charge on any atom is -0.431 e. The van der Waals surface area contributed by atoms with Crippen LogP contribution in [0.25, 0.3) is 11.5 Å². The van der Waals surface area contributed by atoms with Crippen molar-refractivity contribution >= 4 is 17.4 Å². The Balaban J connectivity index is 1.51. The number of benzene rings is 1. The summed E-state index contributed by atoms with van der Waals surface area (Å²) in [5.41, 5.74) is -0.325. The van der Waals surface area contributed by atoms with E-state index in [4.69, 9.17) is 4.42 Å². The predicted octanol–water partition coefficient (Wildman–Crippen LogP) is 4.33. The first-order valence-electron chi connectivity index (χ1n) is 9.65. The van der Waals surface area contributed by atoms with Gasteiger partial charge in [0.1, 0.15) is 5.82 Å². The average molecular weight is 432 g/mol. The van der Waals surface area contributed by atoms with Gasteiger partial charge in [-0.1, -0.05) is 18.2 Å². The summed E-state index contributed by atoms with van der Waals surface area (Å²) < 4.78 is 45.1. The van der Waals surface area contributed by atoms with Gasteiger partial charge in [0.2, 0.25) is 11.7 Å². The van der Waals surface area contributed by atoms with Crippen LogP contribution in [0.3, 0.4) is 0 Å². The van der Waals surface area contributed by atoms with E-state index in [9.17, 15) is 23.1 Å². The topological polar surface area (TPSA) is 100 Å². The molecule has 2 heterocycles. The number of nitrogens with one attached hydrogen (secondary N) is 2. The number of anilines is 2. The van der Waals surface area contributed by atoms with Crippen LogP contribution < -0.4 is 10.6 Å². The molecular formula is C21H19F3N4O3. The third-order valence-corrected chi connectivity index (χ3v) is 4.90. The summed E-state index contributed by atoms with van der Waals surface area (Å²) in [7, 11) is 0. The molecule has 1 fully saturated rings. The number of carbonyl (C=O) groups is 1. The summed E-state index contributed by atoms with van der Waals surface area (Å²) in [4.78, 5) is 20.5. The number of oxazole rings is 1. The van der Waals surface area contributed by atoms with Gasteiger partial charge >= 0.3 is 6.18 Å². The van der Waals surface area contributed by atoms with Crippen molar-refractivity contribution in [2.75, 3.05) is 10.6 Å². The summed E-state index contributed by atoms with van der Waals surface area (Å²) in [6, 6.07) is 11.2. The molecule has 4 rings (SSSR count). The minimum absolute atomic E-state index is 0.101. The van der Waals surface area contributed by atoms with Gasteiger partial charge in [0.15, 0.2) is 5.69 Å². The van der Waals surface area contributed by atoms with E-state index in [1.807, 2.05) is 0 Å². The van der Waals surface area contributed by atoms with Gasteiger partial charge in [0.05, 0.1) is 18.0 Å². The second kappa shape index (κ2) is 8.38. The molecule has 2 atom stereocenters. The van der Waals surface area contributed by atoms with E-state index in [0.717, 1.165) is 12.8 Å². The molecule has 1 aliphatic carbocycles.